The summed E-state index contributed by atoms with van der Waals surface area (Å²) in [7, 11) is 0. The van der Waals surface area contributed by atoms with E-state index in [1.165, 1.54) is 10.8 Å². The van der Waals surface area contributed by atoms with Gasteiger partial charge in [-0.2, -0.15) is 0 Å². The van der Waals surface area contributed by atoms with E-state index in [4.69, 9.17) is 5.73 Å². The zero-order chi connectivity index (χ0) is 13.9. The molecule has 1 amide bonds. The lowest BCUT2D eigenvalue weighted by molar-refractivity contribution is -0.123. The second-order valence-corrected chi connectivity index (χ2v) is 4.71. The Hall–Kier alpha value is -1.85. The summed E-state index contributed by atoms with van der Waals surface area (Å²) in [5, 5.41) is 2.88. The average molecular weight is 252 g/mol. The van der Waals surface area contributed by atoms with E-state index in [-0.39, 0.29) is 17.3 Å². The third kappa shape index (κ3) is 2.52. The van der Waals surface area contributed by atoms with Crippen molar-refractivity contribution in [2.45, 2.75) is 39.8 Å². The van der Waals surface area contributed by atoms with E-state index in [1.807, 2.05) is 20.8 Å². The Kier molecular flexibility index (Phi) is 4.11. The van der Waals surface area contributed by atoms with Gasteiger partial charge in [0.25, 0.3) is 5.56 Å². The normalized spacial score (nSPS) is 14.3. The highest BCUT2D eigenvalue weighted by Gasteiger charge is 2.35. The van der Waals surface area contributed by atoms with Crippen molar-refractivity contribution in [2.24, 2.45) is 11.7 Å². The minimum absolute atomic E-state index is 0.0634. The van der Waals surface area contributed by atoms with Crippen LogP contribution in [-0.4, -0.2) is 21.0 Å². The molecule has 1 aromatic heterocycles. The Bertz CT molecular complexity index is 495. The lowest BCUT2D eigenvalue weighted by atomic mass is 9.88. The number of carbonyl (C=O) groups is 1. The lowest BCUT2D eigenvalue weighted by Gasteiger charge is -2.31. The predicted molar refractivity (Wildman–Crippen MR) is 70.2 cm³/mol. The molecule has 1 rings (SSSR count). The standard InChI is InChI=1S/C12H20N4O2/c1-5-16-7-6-14-9(10(16)17)15-12(4,8(2)3)11(13)18/h6-8H,5H2,1-4H3,(H2,13,18)(H,14,15). The maximum absolute atomic E-state index is 12.0. The molecule has 1 unspecified atom stereocenters. The number of carbonyl (C=O) groups excluding carboxylic acids is 1. The first-order valence-electron chi connectivity index (χ1n) is 5.96. The topological polar surface area (TPSA) is 90.0 Å². The van der Waals surface area contributed by atoms with Gasteiger partial charge in [-0.15, -0.1) is 0 Å². The van der Waals surface area contributed by atoms with Crippen molar-refractivity contribution in [3.8, 4) is 0 Å². The van der Waals surface area contributed by atoms with Gasteiger partial charge in [0.1, 0.15) is 5.54 Å². The molecule has 0 aliphatic carbocycles. The van der Waals surface area contributed by atoms with Crippen molar-refractivity contribution in [3.63, 3.8) is 0 Å². The number of hydrogen-bond acceptors (Lipinski definition) is 4. The van der Waals surface area contributed by atoms with Gasteiger partial charge in [-0.1, -0.05) is 13.8 Å². The van der Waals surface area contributed by atoms with E-state index in [0.717, 1.165) is 0 Å². The van der Waals surface area contributed by atoms with Crippen LogP contribution in [0.15, 0.2) is 17.2 Å². The highest BCUT2D eigenvalue weighted by molar-refractivity contribution is 5.87. The number of nitrogens with two attached hydrogens (primary N) is 1. The van der Waals surface area contributed by atoms with Gasteiger partial charge in [0, 0.05) is 18.9 Å². The maximum atomic E-state index is 12.0. The summed E-state index contributed by atoms with van der Waals surface area (Å²) in [6.07, 6.45) is 3.12. The Morgan fingerprint density at radius 1 is 1.61 bits per heavy atom. The molecule has 0 spiro atoms. The summed E-state index contributed by atoms with van der Waals surface area (Å²) in [6.45, 7) is 7.80. The second-order valence-electron chi connectivity index (χ2n) is 4.71. The van der Waals surface area contributed by atoms with Crippen LogP contribution < -0.4 is 16.6 Å². The maximum Gasteiger partial charge on any atom is 0.293 e. The van der Waals surface area contributed by atoms with Crippen LogP contribution in [0.25, 0.3) is 0 Å². The molecular formula is C12H20N4O2. The van der Waals surface area contributed by atoms with Gasteiger partial charge in [-0.25, -0.2) is 4.98 Å². The fraction of sp³-hybridized carbons (Fsp3) is 0.583. The van der Waals surface area contributed by atoms with Crippen LogP contribution in [0.3, 0.4) is 0 Å². The van der Waals surface area contributed by atoms with Crippen molar-refractivity contribution < 1.29 is 4.79 Å². The zero-order valence-electron chi connectivity index (χ0n) is 11.2. The molecule has 1 aromatic rings. The summed E-state index contributed by atoms with van der Waals surface area (Å²) >= 11 is 0. The summed E-state index contributed by atoms with van der Waals surface area (Å²) in [5.74, 6) is -0.425. The Labute approximate surface area is 106 Å². The number of rotatable bonds is 5. The van der Waals surface area contributed by atoms with Gasteiger partial charge in [0.2, 0.25) is 5.91 Å². The quantitative estimate of drug-likeness (QED) is 0.802. The highest BCUT2D eigenvalue weighted by Crippen LogP contribution is 2.19. The van der Waals surface area contributed by atoms with Crippen molar-refractivity contribution in [1.29, 1.82) is 0 Å². The molecule has 0 aliphatic heterocycles. The number of aromatic nitrogens is 2. The van der Waals surface area contributed by atoms with Crippen LogP contribution in [0.1, 0.15) is 27.7 Å². The van der Waals surface area contributed by atoms with E-state index >= 15 is 0 Å². The van der Waals surface area contributed by atoms with Crippen LogP contribution in [0, 0.1) is 5.92 Å². The SMILES string of the molecule is CCn1ccnc(NC(C)(C(N)=O)C(C)C)c1=O. The molecule has 0 aromatic carbocycles. The van der Waals surface area contributed by atoms with Crippen molar-refractivity contribution in [1.82, 2.24) is 9.55 Å². The third-order valence-corrected chi connectivity index (χ3v) is 3.30. The van der Waals surface area contributed by atoms with Crippen LogP contribution >= 0.6 is 0 Å². The molecule has 100 valence electrons. The van der Waals surface area contributed by atoms with Crippen LogP contribution in [0.2, 0.25) is 0 Å². The van der Waals surface area contributed by atoms with E-state index in [9.17, 15) is 9.59 Å². The smallest absolute Gasteiger partial charge is 0.293 e. The van der Waals surface area contributed by atoms with Gasteiger partial charge in [0.05, 0.1) is 0 Å². The number of nitrogens with one attached hydrogen (secondary N) is 1. The first kappa shape index (κ1) is 14.2. The van der Waals surface area contributed by atoms with Gasteiger partial charge >= 0.3 is 0 Å². The third-order valence-electron chi connectivity index (χ3n) is 3.30. The van der Waals surface area contributed by atoms with Gasteiger partial charge in [-0.05, 0) is 19.8 Å². The Balaban J connectivity index is 3.18. The lowest BCUT2D eigenvalue weighted by Crippen LogP contribution is -2.53. The van der Waals surface area contributed by atoms with E-state index < -0.39 is 11.4 Å². The molecule has 6 nitrogen and oxygen atoms in total. The molecule has 0 saturated carbocycles. The molecule has 0 radical (unpaired) electrons. The number of aryl methyl sites for hydroxylation is 1. The first-order valence-corrected chi connectivity index (χ1v) is 5.96. The number of hydrogen-bond donors (Lipinski definition) is 2. The van der Waals surface area contributed by atoms with Crippen molar-refractivity contribution >= 4 is 11.7 Å². The molecule has 1 heterocycles. The van der Waals surface area contributed by atoms with Gasteiger partial charge in [-0.3, -0.25) is 9.59 Å². The first-order chi connectivity index (χ1) is 8.32. The second kappa shape index (κ2) is 5.20. The predicted octanol–water partition coefficient (Wildman–Crippen LogP) is 0.575. The average Bonchev–Trinajstić information content (AvgIpc) is 2.31. The van der Waals surface area contributed by atoms with Crippen molar-refractivity contribution in [2.75, 3.05) is 5.32 Å². The Morgan fingerprint density at radius 3 is 2.67 bits per heavy atom. The minimum atomic E-state index is -1.00. The summed E-state index contributed by atoms with van der Waals surface area (Å²) in [4.78, 5) is 27.5. The number of amides is 1. The van der Waals surface area contributed by atoms with E-state index in [2.05, 4.69) is 10.3 Å². The minimum Gasteiger partial charge on any atom is -0.368 e. The van der Waals surface area contributed by atoms with Crippen LogP contribution in [-0.2, 0) is 11.3 Å². The van der Waals surface area contributed by atoms with E-state index in [1.54, 1.807) is 13.1 Å². The molecule has 18 heavy (non-hydrogen) atoms. The molecule has 0 aliphatic rings. The monoisotopic (exact) mass is 252 g/mol. The molecule has 0 saturated heterocycles. The zero-order valence-corrected chi connectivity index (χ0v) is 11.2. The molecule has 0 bridgehead atoms. The fourth-order valence-electron chi connectivity index (χ4n) is 1.52. The molecular weight excluding hydrogens is 232 g/mol. The number of anilines is 1. The molecule has 3 N–H and O–H groups in total. The summed E-state index contributed by atoms with van der Waals surface area (Å²) in [6, 6.07) is 0. The van der Waals surface area contributed by atoms with Crippen LogP contribution in [0.4, 0.5) is 5.82 Å². The van der Waals surface area contributed by atoms with E-state index in [0.29, 0.717) is 6.54 Å². The van der Waals surface area contributed by atoms with Crippen molar-refractivity contribution in [3.05, 3.63) is 22.7 Å². The van der Waals surface area contributed by atoms with Gasteiger partial charge < -0.3 is 15.6 Å². The summed E-state index contributed by atoms with van der Waals surface area (Å²) in [5.41, 5.74) is 4.15. The fourth-order valence-corrected chi connectivity index (χ4v) is 1.52. The van der Waals surface area contributed by atoms with Gasteiger partial charge in [0.15, 0.2) is 5.82 Å². The number of nitrogens with zero attached hydrogens (tertiary/aromatic N) is 2. The largest absolute Gasteiger partial charge is 0.368 e. The number of primary amides is 1. The summed E-state index contributed by atoms with van der Waals surface area (Å²) < 4.78 is 1.51. The van der Waals surface area contributed by atoms with Crippen LogP contribution in [0.5, 0.6) is 0 Å². The molecule has 6 heteroatoms. The molecule has 1 atom stereocenters. The molecule has 0 fully saturated rings. The highest BCUT2D eigenvalue weighted by atomic mass is 16.2. The Morgan fingerprint density at radius 2 is 2.22 bits per heavy atom.